The summed E-state index contributed by atoms with van der Waals surface area (Å²) < 4.78 is 3.49. The normalized spacial score (nSPS) is 25.0. The largest absolute Gasteiger partial charge is 0.316 e. The van der Waals surface area contributed by atoms with Gasteiger partial charge in [-0.05, 0) is 37.9 Å². The quantitative estimate of drug-likeness (QED) is 0.876. The van der Waals surface area contributed by atoms with Gasteiger partial charge in [0.25, 0.3) is 11.1 Å². The van der Waals surface area contributed by atoms with E-state index in [1.165, 1.54) is 0 Å². The average molecular weight is 300 g/mol. The predicted octanol–water partition coefficient (Wildman–Crippen LogP) is 0.489. The lowest BCUT2D eigenvalue weighted by Gasteiger charge is -2.34. The van der Waals surface area contributed by atoms with Crippen LogP contribution in [0.2, 0.25) is 0 Å². The van der Waals surface area contributed by atoms with Crippen molar-refractivity contribution in [2.45, 2.75) is 38.0 Å². The number of likely N-dealkylation sites (tertiary alicyclic amines) is 1. The Bertz CT molecular complexity index is 833. The van der Waals surface area contributed by atoms with Gasteiger partial charge in [0.1, 0.15) is 5.65 Å². The van der Waals surface area contributed by atoms with Crippen molar-refractivity contribution >= 4 is 11.0 Å². The van der Waals surface area contributed by atoms with Crippen LogP contribution >= 0.6 is 0 Å². The first kappa shape index (κ1) is 13.7. The first-order valence-electron chi connectivity index (χ1n) is 7.90. The zero-order valence-corrected chi connectivity index (χ0v) is 12.4. The van der Waals surface area contributed by atoms with Gasteiger partial charge in [0.2, 0.25) is 0 Å². The van der Waals surface area contributed by atoms with Crippen molar-refractivity contribution < 1.29 is 0 Å². The van der Waals surface area contributed by atoms with Crippen molar-refractivity contribution in [3.05, 3.63) is 45.0 Å². The Balaban J connectivity index is 1.77. The van der Waals surface area contributed by atoms with Crippen molar-refractivity contribution in [2.75, 3.05) is 13.1 Å². The molecule has 6 nitrogen and oxygen atoms in total. The molecule has 0 bridgehead atoms. The minimum Gasteiger partial charge on any atom is -0.316 e. The molecule has 0 saturated carbocycles. The Morgan fingerprint density at radius 1 is 1.09 bits per heavy atom. The molecule has 2 atom stereocenters. The van der Waals surface area contributed by atoms with Gasteiger partial charge in [0, 0.05) is 30.6 Å². The second-order valence-corrected chi connectivity index (χ2v) is 6.31. The number of nitrogens with two attached hydrogens (primary N) is 1. The molecule has 6 heteroatoms. The summed E-state index contributed by atoms with van der Waals surface area (Å²) in [4.78, 5) is 26.7. The van der Waals surface area contributed by atoms with Crippen LogP contribution in [0.1, 0.15) is 25.3 Å². The number of pyridine rings is 2. The summed E-state index contributed by atoms with van der Waals surface area (Å²) in [6.07, 6.45) is 3.37. The molecule has 2 aromatic rings. The fraction of sp³-hybridized carbons (Fsp3) is 0.500. The van der Waals surface area contributed by atoms with Crippen LogP contribution < -0.4 is 16.9 Å². The van der Waals surface area contributed by atoms with Gasteiger partial charge in [-0.1, -0.05) is 0 Å². The van der Waals surface area contributed by atoms with E-state index < -0.39 is 0 Å². The maximum atomic E-state index is 12.3. The summed E-state index contributed by atoms with van der Waals surface area (Å²) in [6, 6.07) is 6.73. The highest BCUT2D eigenvalue weighted by Crippen LogP contribution is 2.25. The molecule has 0 amide bonds. The fourth-order valence-corrected chi connectivity index (χ4v) is 3.81. The fourth-order valence-electron chi connectivity index (χ4n) is 3.81. The molecule has 0 radical (unpaired) electrons. The van der Waals surface area contributed by atoms with E-state index in [-0.39, 0.29) is 23.3 Å². The smallest absolute Gasteiger partial charge is 0.252 e. The van der Waals surface area contributed by atoms with Crippen molar-refractivity contribution in [3.63, 3.8) is 0 Å². The van der Waals surface area contributed by atoms with Gasteiger partial charge in [0.15, 0.2) is 0 Å². The number of hydrogen-bond acceptors (Lipinski definition) is 4. The lowest BCUT2D eigenvalue weighted by Crippen LogP contribution is -2.48. The highest BCUT2D eigenvalue weighted by atomic mass is 16.1. The van der Waals surface area contributed by atoms with Crippen LogP contribution in [0.5, 0.6) is 0 Å². The lowest BCUT2D eigenvalue weighted by atomic mass is 10.1. The summed E-state index contributed by atoms with van der Waals surface area (Å²) >= 11 is 0. The van der Waals surface area contributed by atoms with E-state index in [4.69, 9.17) is 5.73 Å². The van der Waals surface area contributed by atoms with E-state index >= 15 is 0 Å². The maximum Gasteiger partial charge on any atom is 0.252 e. The number of aromatic nitrogens is 2. The van der Waals surface area contributed by atoms with E-state index in [1.54, 1.807) is 33.4 Å². The van der Waals surface area contributed by atoms with Crippen molar-refractivity contribution in [3.8, 4) is 0 Å². The van der Waals surface area contributed by atoms with Crippen LogP contribution in [0.25, 0.3) is 11.0 Å². The molecule has 0 aliphatic carbocycles. The lowest BCUT2D eigenvalue weighted by molar-refractivity contribution is 0.129. The predicted molar refractivity (Wildman–Crippen MR) is 84.9 cm³/mol. The van der Waals surface area contributed by atoms with Gasteiger partial charge >= 0.3 is 0 Å². The van der Waals surface area contributed by atoms with E-state index in [9.17, 15) is 9.59 Å². The highest BCUT2D eigenvalue weighted by molar-refractivity contribution is 5.76. The molecule has 1 unspecified atom stereocenters. The van der Waals surface area contributed by atoms with Crippen LogP contribution in [0.4, 0.5) is 0 Å². The van der Waals surface area contributed by atoms with Gasteiger partial charge in [-0.15, -0.1) is 0 Å². The highest BCUT2D eigenvalue weighted by Gasteiger charge is 2.29. The molecular formula is C16H20N4O2. The topological polar surface area (TPSA) is 73.3 Å². The monoisotopic (exact) mass is 300 g/mol. The molecule has 116 valence electrons. The van der Waals surface area contributed by atoms with E-state index in [2.05, 4.69) is 4.90 Å². The third-order valence-corrected chi connectivity index (χ3v) is 4.92. The molecule has 2 aliphatic heterocycles. The summed E-state index contributed by atoms with van der Waals surface area (Å²) in [5.41, 5.74) is 6.86. The molecular weight excluding hydrogens is 280 g/mol. The Labute approximate surface area is 127 Å². The van der Waals surface area contributed by atoms with Gasteiger partial charge < -0.3 is 5.73 Å². The molecule has 2 aromatic heterocycles. The summed E-state index contributed by atoms with van der Waals surface area (Å²) in [5, 5.41) is 0.935. The molecule has 2 N–H and O–H groups in total. The van der Waals surface area contributed by atoms with Crippen LogP contribution in [-0.2, 0) is 6.54 Å². The molecule has 1 saturated heterocycles. The Kier molecular flexibility index (Phi) is 3.16. The number of nitrogens with zero attached hydrogens (tertiary/aromatic N) is 3. The van der Waals surface area contributed by atoms with E-state index in [0.717, 1.165) is 43.4 Å². The third-order valence-electron chi connectivity index (χ3n) is 4.92. The summed E-state index contributed by atoms with van der Waals surface area (Å²) in [7, 11) is 0. The molecule has 4 rings (SSSR count). The zero-order chi connectivity index (χ0) is 15.3. The van der Waals surface area contributed by atoms with Gasteiger partial charge in [0.05, 0.1) is 12.2 Å². The second-order valence-electron chi connectivity index (χ2n) is 6.31. The van der Waals surface area contributed by atoms with Crippen LogP contribution in [0.3, 0.4) is 0 Å². The number of piperidine rings is 1. The van der Waals surface area contributed by atoms with Crippen LogP contribution in [0.15, 0.2) is 33.9 Å². The van der Waals surface area contributed by atoms with Gasteiger partial charge in [-0.3, -0.25) is 23.6 Å². The number of hydrogen-bond donors (Lipinski definition) is 1. The first-order valence-corrected chi connectivity index (χ1v) is 7.90. The molecule has 1 fully saturated rings. The minimum absolute atomic E-state index is 0.0181. The van der Waals surface area contributed by atoms with Crippen molar-refractivity contribution in [2.24, 2.45) is 5.73 Å². The molecule has 4 heterocycles. The van der Waals surface area contributed by atoms with E-state index in [1.807, 2.05) is 0 Å². The maximum absolute atomic E-state index is 12.3. The Morgan fingerprint density at radius 3 is 2.64 bits per heavy atom. The molecule has 0 aromatic carbocycles. The van der Waals surface area contributed by atoms with E-state index in [0.29, 0.717) is 6.54 Å². The molecule has 2 aliphatic rings. The summed E-state index contributed by atoms with van der Waals surface area (Å²) in [5.74, 6) is 0. The van der Waals surface area contributed by atoms with Gasteiger partial charge in [-0.2, -0.15) is 0 Å². The molecule has 22 heavy (non-hydrogen) atoms. The minimum atomic E-state index is -0.0442. The Morgan fingerprint density at radius 2 is 1.86 bits per heavy atom. The molecule has 0 spiro atoms. The average Bonchev–Trinajstić information content (AvgIpc) is 2.89. The van der Waals surface area contributed by atoms with Crippen molar-refractivity contribution in [1.82, 2.24) is 14.0 Å². The summed E-state index contributed by atoms with van der Waals surface area (Å²) in [6.45, 7) is 2.24. The number of rotatable bonds is 2. The third kappa shape index (κ3) is 2.02. The van der Waals surface area contributed by atoms with Crippen molar-refractivity contribution in [1.29, 1.82) is 0 Å². The second kappa shape index (κ2) is 5.07. The first-order chi connectivity index (χ1) is 10.6. The van der Waals surface area contributed by atoms with Gasteiger partial charge in [-0.25, -0.2) is 0 Å². The zero-order valence-electron chi connectivity index (χ0n) is 12.4. The standard InChI is InChI=1S/C16H20N4O2/c17-13-3-1-2-8-18(13)9-12-10-19-14(21)6-4-11-5-7-15(22)20(12)16(11)19/h4-7,12-13H,1-3,8-10,17H2/t12-,13?/m1/s1. The SMILES string of the molecule is NC1CCCCN1C[C@@H]1Cn2c(=O)ccc3ccc(=O)n1c32. The Hall–Kier alpha value is -1.92. The van der Waals surface area contributed by atoms with Crippen LogP contribution in [0, 0.1) is 0 Å². The van der Waals surface area contributed by atoms with Crippen LogP contribution in [-0.4, -0.2) is 33.3 Å².